The number of carbonyl (C=O) groups excluding carboxylic acids is 4. The Morgan fingerprint density at radius 1 is 1.02 bits per heavy atom. The predicted octanol–water partition coefficient (Wildman–Crippen LogP) is 4.78. The van der Waals surface area contributed by atoms with E-state index in [9.17, 15) is 19.2 Å². The van der Waals surface area contributed by atoms with Crippen molar-refractivity contribution in [2.24, 2.45) is 16.6 Å². The molecule has 0 atom stereocenters. The molecule has 3 aromatic rings. The first-order chi connectivity index (χ1) is 25.2. The maximum atomic E-state index is 14.7. The summed E-state index contributed by atoms with van der Waals surface area (Å²) in [6, 6.07) is 17.2. The third-order valence-corrected chi connectivity index (χ3v) is 10.4. The van der Waals surface area contributed by atoms with Crippen LogP contribution < -0.4 is 21.7 Å². The third kappa shape index (κ3) is 9.36. The van der Waals surface area contributed by atoms with Gasteiger partial charge in [-0.15, -0.1) is 0 Å². The molecule has 6 N–H and O–H groups in total. The zero-order chi connectivity index (χ0) is 38.3. The van der Waals surface area contributed by atoms with Crippen LogP contribution in [-0.2, 0) is 45.1 Å². The number of nitrogens with two attached hydrogens (primary N) is 1. The lowest BCUT2D eigenvalue weighted by atomic mass is 9.74. The SMILES string of the molecule is CCC1(C(=O)N(CC(=O)Nc2ccc3c(c2)CC(=O)Nc2ncccc2C3)Cc2ccccc2CNC)CCN(C(=O)C(=N)C=C(N)C(C)(C)C)CC1. The summed E-state index contributed by atoms with van der Waals surface area (Å²) in [7, 11) is 1.86. The molecule has 1 aromatic heterocycles. The molecule has 0 saturated carbocycles. The number of nitrogens with zero attached hydrogens (tertiary/aromatic N) is 3. The molecule has 0 spiro atoms. The van der Waals surface area contributed by atoms with Crippen LogP contribution >= 0.6 is 0 Å². The zero-order valence-electron chi connectivity index (χ0n) is 31.5. The Hall–Kier alpha value is -5.36. The Morgan fingerprint density at radius 3 is 2.42 bits per heavy atom. The van der Waals surface area contributed by atoms with E-state index in [-0.39, 0.29) is 48.4 Å². The number of amides is 4. The largest absolute Gasteiger partial charge is 0.402 e. The van der Waals surface area contributed by atoms with E-state index in [1.165, 1.54) is 6.08 Å². The normalized spacial score (nSPS) is 15.6. The van der Waals surface area contributed by atoms with Crippen LogP contribution in [0, 0.1) is 16.2 Å². The summed E-state index contributed by atoms with van der Waals surface area (Å²) in [5.74, 6) is -0.547. The Bertz CT molecular complexity index is 1910. The van der Waals surface area contributed by atoms with Gasteiger partial charge in [-0.2, -0.15) is 0 Å². The first-order valence-corrected chi connectivity index (χ1v) is 18.2. The monoisotopic (exact) mass is 720 g/mol. The van der Waals surface area contributed by atoms with Crippen molar-refractivity contribution in [3.8, 4) is 0 Å². The van der Waals surface area contributed by atoms with Gasteiger partial charge in [0.25, 0.3) is 5.91 Å². The highest BCUT2D eigenvalue weighted by molar-refractivity contribution is 6.42. The number of hydrogen-bond donors (Lipinski definition) is 5. The molecular weight excluding hydrogens is 669 g/mol. The van der Waals surface area contributed by atoms with Gasteiger partial charge in [0.15, 0.2) is 0 Å². The number of pyridine rings is 1. The standard InChI is InChI=1S/C41H52N8O4/c1-6-41(15-18-48(19-16-41)38(52)33(42)23-34(43)40(2,3)4)39(53)49(25-30-11-8-7-10-29(30)24-44-5)26-36(51)46-32-14-13-27-20-28-12-9-17-45-37(28)47-35(50)22-31(27)21-32/h7-14,17,21,23,42,44H,6,15-16,18-20,22,24-26,43H2,1-5H3,(H,46,51)(H,45,47,50). The van der Waals surface area contributed by atoms with Crippen molar-refractivity contribution in [1.29, 1.82) is 5.41 Å². The fourth-order valence-electron chi connectivity index (χ4n) is 6.94. The molecule has 280 valence electrons. The number of carbonyl (C=O) groups is 4. The van der Waals surface area contributed by atoms with Crippen molar-refractivity contribution in [2.75, 3.05) is 37.3 Å². The van der Waals surface area contributed by atoms with Crippen LogP contribution in [0.3, 0.4) is 0 Å². The van der Waals surface area contributed by atoms with Gasteiger partial charge in [-0.1, -0.05) is 64.1 Å². The fourth-order valence-corrected chi connectivity index (χ4v) is 6.94. The third-order valence-electron chi connectivity index (χ3n) is 10.4. The summed E-state index contributed by atoms with van der Waals surface area (Å²) in [6.45, 7) is 9.01. The van der Waals surface area contributed by atoms with Gasteiger partial charge in [0.2, 0.25) is 17.7 Å². The number of likely N-dealkylation sites (tertiary alicyclic amines) is 1. The number of piperidine rings is 1. The summed E-state index contributed by atoms with van der Waals surface area (Å²) >= 11 is 0. The topological polar surface area (TPSA) is 174 Å². The van der Waals surface area contributed by atoms with Gasteiger partial charge in [0.1, 0.15) is 18.1 Å². The Labute approximate surface area is 312 Å². The molecule has 0 unspecified atom stereocenters. The van der Waals surface area contributed by atoms with Gasteiger partial charge >= 0.3 is 0 Å². The average Bonchev–Trinajstić information content (AvgIpc) is 3.12. The lowest BCUT2D eigenvalue weighted by Gasteiger charge is -2.42. The van der Waals surface area contributed by atoms with Crippen molar-refractivity contribution in [3.05, 3.63) is 100 Å². The molecule has 4 amide bonds. The molecule has 1 saturated heterocycles. The van der Waals surface area contributed by atoms with Crippen molar-refractivity contribution in [1.82, 2.24) is 20.1 Å². The van der Waals surface area contributed by atoms with Crippen LogP contribution in [0.4, 0.5) is 11.5 Å². The highest BCUT2D eigenvalue weighted by Crippen LogP contribution is 2.38. The minimum atomic E-state index is -0.793. The molecule has 5 rings (SSSR count). The maximum Gasteiger partial charge on any atom is 0.271 e. The molecule has 2 aliphatic rings. The van der Waals surface area contributed by atoms with Crippen molar-refractivity contribution < 1.29 is 19.2 Å². The fraction of sp³-hybridized carbons (Fsp3) is 0.415. The van der Waals surface area contributed by atoms with Gasteiger partial charge in [0.05, 0.1) is 11.8 Å². The van der Waals surface area contributed by atoms with Crippen molar-refractivity contribution >= 4 is 40.8 Å². The van der Waals surface area contributed by atoms with Gasteiger partial charge < -0.3 is 31.5 Å². The van der Waals surface area contributed by atoms with Crippen LogP contribution in [0.2, 0.25) is 0 Å². The van der Waals surface area contributed by atoms with E-state index in [2.05, 4.69) is 20.9 Å². The zero-order valence-corrected chi connectivity index (χ0v) is 31.5. The number of benzene rings is 2. The number of aromatic nitrogens is 1. The van der Waals surface area contributed by atoms with Crippen LogP contribution in [0.1, 0.15) is 74.8 Å². The average molecular weight is 721 g/mol. The number of hydrogen-bond acceptors (Lipinski definition) is 8. The first kappa shape index (κ1) is 38.9. The van der Waals surface area contributed by atoms with E-state index in [0.717, 1.165) is 27.8 Å². The molecule has 2 aromatic carbocycles. The molecule has 2 aliphatic heterocycles. The van der Waals surface area contributed by atoms with Crippen LogP contribution in [0.15, 0.2) is 72.6 Å². The van der Waals surface area contributed by atoms with E-state index in [1.807, 2.05) is 89.3 Å². The molecule has 0 aliphatic carbocycles. The van der Waals surface area contributed by atoms with Crippen molar-refractivity contribution in [2.45, 2.75) is 72.9 Å². The number of rotatable bonds is 11. The highest BCUT2D eigenvalue weighted by atomic mass is 16.2. The first-order valence-electron chi connectivity index (χ1n) is 18.2. The van der Waals surface area contributed by atoms with Crippen LogP contribution in [0.5, 0.6) is 0 Å². The van der Waals surface area contributed by atoms with E-state index in [1.54, 1.807) is 16.0 Å². The van der Waals surface area contributed by atoms with Gasteiger partial charge in [0, 0.05) is 55.6 Å². The number of fused-ring (bicyclic) bond motifs is 2. The van der Waals surface area contributed by atoms with Gasteiger partial charge in [-0.3, -0.25) is 24.6 Å². The lowest BCUT2D eigenvalue weighted by molar-refractivity contribution is -0.149. The van der Waals surface area contributed by atoms with Crippen molar-refractivity contribution in [3.63, 3.8) is 0 Å². The van der Waals surface area contributed by atoms with E-state index in [0.29, 0.717) is 62.5 Å². The number of allylic oxidation sites excluding steroid dienone is 1. The van der Waals surface area contributed by atoms with Crippen LogP contribution in [-0.4, -0.2) is 70.8 Å². The smallest absolute Gasteiger partial charge is 0.271 e. The maximum absolute atomic E-state index is 14.7. The van der Waals surface area contributed by atoms with E-state index >= 15 is 0 Å². The summed E-state index contributed by atoms with van der Waals surface area (Å²) in [5.41, 5.74) is 10.4. The number of anilines is 2. The summed E-state index contributed by atoms with van der Waals surface area (Å²) in [5, 5.41) is 17.5. The van der Waals surface area contributed by atoms with Crippen LogP contribution in [0.25, 0.3) is 0 Å². The molecule has 0 bridgehead atoms. The molecule has 53 heavy (non-hydrogen) atoms. The minimum Gasteiger partial charge on any atom is -0.402 e. The Balaban J connectivity index is 1.35. The van der Waals surface area contributed by atoms with E-state index in [4.69, 9.17) is 11.1 Å². The molecule has 12 heteroatoms. The summed E-state index contributed by atoms with van der Waals surface area (Å²) < 4.78 is 0. The molecule has 1 fully saturated rings. The minimum absolute atomic E-state index is 0.139. The van der Waals surface area contributed by atoms with Gasteiger partial charge in [-0.25, -0.2) is 4.98 Å². The Morgan fingerprint density at radius 2 is 1.74 bits per heavy atom. The second-order valence-electron chi connectivity index (χ2n) is 15.1. The second-order valence-corrected chi connectivity index (χ2v) is 15.1. The lowest BCUT2D eigenvalue weighted by Crippen LogP contribution is -2.53. The second kappa shape index (κ2) is 16.5. The van der Waals surface area contributed by atoms with Gasteiger partial charge in [-0.05, 0) is 78.4 Å². The molecule has 0 radical (unpaired) electrons. The molecule has 3 heterocycles. The highest BCUT2D eigenvalue weighted by Gasteiger charge is 2.44. The molecule has 12 nitrogen and oxygen atoms in total. The van der Waals surface area contributed by atoms with E-state index < -0.39 is 11.3 Å². The quantitative estimate of drug-likeness (QED) is 0.177. The summed E-state index contributed by atoms with van der Waals surface area (Å²) in [6.07, 6.45) is 5.14. The predicted molar refractivity (Wildman–Crippen MR) is 207 cm³/mol. The Kier molecular flexibility index (Phi) is 12.1. The molecular formula is C41H52N8O4. The number of nitrogens with one attached hydrogen (secondary N) is 4. The summed E-state index contributed by atoms with van der Waals surface area (Å²) in [4.78, 5) is 62.1.